The first-order valence-electron chi connectivity index (χ1n) is 6.47. The molecule has 2 rings (SSSR count). The highest BCUT2D eigenvalue weighted by molar-refractivity contribution is 6.39. The quantitative estimate of drug-likeness (QED) is 0.678. The van der Waals surface area contributed by atoms with E-state index >= 15 is 0 Å². The molecular formula is C17H16O3. The summed E-state index contributed by atoms with van der Waals surface area (Å²) in [6, 6.07) is 14.8. The molecule has 2 aromatic carbocycles. The summed E-state index contributed by atoms with van der Waals surface area (Å²) in [5, 5.41) is 8.65. The van der Waals surface area contributed by atoms with Gasteiger partial charge in [0.2, 0.25) is 0 Å². The molecule has 102 valence electrons. The van der Waals surface area contributed by atoms with E-state index in [0.29, 0.717) is 5.92 Å². The summed E-state index contributed by atoms with van der Waals surface area (Å²) < 4.78 is 0. The number of hydrogen-bond acceptors (Lipinski definition) is 2. The predicted octanol–water partition coefficient (Wildman–Crippen LogP) is 3.74. The normalized spacial score (nSPS) is 10.6. The zero-order valence-electron chi connectivity index (χ0n) is 11.5. The highest BCUT2D eigenvalue weighted by Gasteiger charge is 2.13. The number of carbonyl (C=O) groups excluding carboxylic acids is 1. The largest absolute Gasteiger partial charge is 0.475 e. The molecule has 0 spiro atoms. The fraction of sp³-hybridized carbons (Fsp3) is 0.176. The molecule has 3 heteroatoms. The lowest BCUT2D eigenvalue weighted by atomic mass is 9.98. The van der Waals surface area contributed by atoms with Gasteiger partial charge in [0.15, 0.2) is 0 Å². The van der Waals surface area contributed by atoms with Crippen LogP contribution in [0.5, 0.6) is 0 Å². The van der Waals surface area contributed by atoms with Gasteiger partial charge in [-0.3, -0.25) is 4.79 Å². The Balaban J connectivity index is 2.26. The molecule has 0 amide bonds. The molecular weight excluding hydrogens is 252 g/mol. The molecule has 1 N–H and O–H groups in total. The molecule has 20 heavy (non-hydrogen) atoms. The summed E-state index contributed by atoms with van der Waals surface area (Å²) in [6.45, 7) is 4.28. The van der Waals surface area contributed by atoms with E-state index in [-0.39, 0.29) is 5.56 Å². The average Bonchev–Trinajstić information content (AvgIpc) is 2.46. The molecule has 3 nitrogen and oxygen atoms in total. The average molecular weight is 268 g/mol. The second-order valence-electron chi connectivity index (χ2n) is 4.99. The molecule has 0 aliphatic heterocycles. The Bertz CT molecular complexity index is 622. The molecule has 0 aliphatic rings. The van der Waals surface area contributed by atoms with E-state index in [1.165, 1.54) is 5.56 Å². The van der Waals surface area contributed by atoms with Gasteiger partial charge in [-0.25, -0.2) is 4.79 Å². The minimum Gasteiger partial charge on any atom is -0.475 e. The van der Waals surface area contributed by atoms with Crippen molar-refractivity contribution in [3.8, 4) is 11.1 Å². The number of hydrogen-bond donors (Lipinski definition) is 1. The van der Waals surface area contributed by atoms with Gasteiger partial charge >= 0.3 is 5.97 Å². The van der Waals surface area contributed by atoms with Crippen molar-refractivity contribution in [3.05, 3.63) is 59.7 Å². The summed E-state index contributed by atoms with van der Waals surface area (Å²) in [4.78, 5) is 21.9. The van der Waals surface area contributed by atoms with Crippen LogP contribution in [0.2, 0.25) is 0 Å². The number of aliphatic carboxylic acids is 1. The summed E-state index contributed by atoms with van der Waals surface area (Å²) in [7, 11) is 0. The molecule has 0 aromatic heterocycles. The van der Waals surface area contributed by atoms with Crippen LogP contribution >= 0.6 is 0 Å². The Morgan fingerprint density at radius 3 is 1.70 bits per heavy atom. The molecule has 0 aliphatic carbocycles. The maximum atomic E-state index is 11.3. The fourth-order valence-electron chi connectivity index (χ4n) is 2.00. The van der Waals surface area contributed by atoms with Crippen LogP contribution < -0.4 is 0 Å². The Kier molecular flexibility index (Phi) is 3.99. The first-order chi connectivity index (χ1) is 9.49. The smallest absolute Gasteiger partial charge is 0.377 e. The zero-order chi connectivity index (χ0) is 14.7. The van der Waals surface area contributed by atoms with E-state index in [4.69, 9.17) is 5.11 Å². The van der Waals surface area contributed by atoms with Crippen LogP contribution in [0.15, 0.2) is 48.5 Å². The Morgan fingerprint density at radius 1 is 0.850 bits per heavy atom. The molecule has 0 fully saturated rings. The lowest BCUT2D eigenvalue weighted by Gasteiger charge is -2.07. The van der Waals surface area contributed by atoms with Gasteiger partial charge in [0.1, 0.15) is 0 Å². The Morgan fingerprint density at radius 2 is 1.30 bits per heavy atom. The van der Waals surface area contributed by atoms with Gasteiger partial charge in [0, 0.05) is 5.56 Å². The van der Waals surface area contributed by atoms with Crippen molar-refractivity contribution in [2.45, 2.75) is 19.8 Å². The van der Waals surface area contributed by atoms with Crippen molar-refractivity contribution in [2.75, 3.05) is 0 Å². The molecule has 0 saturated carbocycles. The van der Waals surface area contributed by atoms with E-state index in [0.717, 1.165) is 11.1 Å². The van der Waals surface area contributed by atoms with Gasteiger partial charge in [-0.15, -0.1) is 0 Å². The first-order valence-corrected chi connectivity index (χ1v) is 6.47. The van der Waals surface area contributed by atoms with Gasteiger partial charge in [-0.2, -0.15) is 0 Å². The van der Waals surface area contributed by atoms with E-state index in [1.807, 2.05) is 12.1 Å². The molecule has 0 radical (unpaired) electrons. The van der Waals surface area contributed by atoms with Gasteiger partial charge in [-0.05, 0) is 22.6 Å². The van der Waals surface area contributed by atoms with Crippen LogP contribution in [0.3, 0.4) is 0 Å². The number of carboxylic acid groups (broad SMARTS) is 1. The summed E-state index contributed by atoms with van der Waals surface area (Å²) >= 11 is 0. The molecule has 0 saturated heterocycles. The van der Waals surface area contributed by atoms with Crippen LogP contribution in [-0.2, 0) is 4.79 Å². The van der Waals surface area contributed by atoms with Gasteiger partial charge in [0.05, 0.1) is 0 Å². The number of ketones is 1. The Hall–Kier alpha value is -2.42. The third-order valence-corrected chi connectivity index (χ3v) is 3.25. The van der Waals surface area contributed by atoms with Crippen LogP contribution in [0.1, 0.15) is 35.7 Å². The molecule has 2 aromatic rings. The lowest BCUT2D eigenvalue weighted by Crippen LogP contribution is -2.12. The number of Topliss-reactive ketones (excluding diaryl/α,β-unsaturated/α-hetero) is 1. The van der Waals surface area contributed by atoms with Crippen LogP contribution in [0.25, 0.3) is 11.1 Å². The standard InChI is InChI=1S/C17H16O3/c1-11(2)12-3-5-13(6-4-12)14-7-9-15(10-8-14)16(18)17(19)20/h3-11H,1-2H3,(H,19,20). The van der Waals surface area contributed by atoms with E-state index in [9.17, 15) is 9.59 Å². The number of rotatable bonds is 4. The SMILES string of the molecule is CC(C)c1ccc(-c2ccc(C(=O)C(=O)O)cc2)cc1. The minimum absolute atomic E-state index is 0.194. The third-order valence-electron chi connectivity index (χ3n) is 3.25. The molecule has 0 bridgehead atoms. The highest BCUT2D eigenvalue weighted by Crippen LogP contribution is 2.23. The van der Waals surface area contributed by atoms with Gasteiger partial charge < -0.3 is 5.11 Å². The third kappa shape index (κ3) is 2.94. The van der Waals surface area contributed by atoms with E-state index in [2.05, 4.69) is 26.0 Å². The zero-order valence-corrected chi connectivity index (χ0v) is 11.5. The van der Waals surface area contributed by atoms with Crippen molar-refractivity contribution >= 4 is 11.8 Å². The second kappa shape index (κ2) is 5.70. The number of carboxylic acids is 1. The molecule has 0 atom stereocenters. The van der Waals surface area contributed by atoms with Crippen molar-refractivity contribution in [3.63, 3.8) is 0 Å². The van der Waals surface area contributed by atoms with E-state index < -0.39 is 11.8 Å². The van der Waals surface area contributed by atoms with Crippen molar-refractivity contribution < 1.29 is 14.7 Å². The first kappa shape index (κ1) is 14.0. The monoisotopic (exact) mass is 268 g/mol. The number of carbonyl (C=O) groups is 2. The van der Waals surface area contributed by atoms with Crippen LogP contribution in [0, 0.1) is 0 Å². The maximum Gasteiger partial charge on any atom is 0.377 e. The minimum atomic E-state index is -1.43. The van der Waals surface area contributed by atoms with Gasteiger partial charge in [-0.1, -0.05) is 62.4 Å². The topological polar surface area (TPSA) is 54.4 Å². The predicted molar refractivity (Wildman–Crippen MR) is 77.9 cm³/mol. The van der Waals surface area contributed by atoms with Crippen molar-refractivity contribution in [1.82, 2.24) is 0 Å². The maximum absolute atomic E-state index is 11.3. The van der Waals surface area contributed by atoms with Crippen LogP contribution in [0.4, 0.5) is 0 Å². The highest BCUT2D eigenvalue weighted by atomic mass is 16.4. The van der Waals surface area contributed by atoms with Crippen molar-refractivity contribution in [2.24, 2.45) is 0 Å². The van der Waals surface area contributed by atoms with Crippen LogP contribution in [-0.4, -0.2) is 16.9 Å². The van der Waals surface area contributed by atoms with E-state index in [1.54, 1.807) is 24.3 Å². The second-order valence-corrected chi connectivity index (χ2v) is 4.99. The fourth-order valence-corrected chi connectivity index (χ4v) is 2.00. The number of benzene rings is 2. The lowest BCUT2D eigenvalue weighted by molar-refractivity contribution is -0.131. The van der Waals surface area contributed by atoms with Crippen molar-refractivity contribution in [1.29, 1.82) is 0 Å². The molecule has 0 unspecified atom stereocenters. The summed E-state index contributed by atoms with van der Waals surface area (Å²) in [5.41, 5.74) is 3.47. The van der Waals surface area contributed by atoms with Gasteiger partial charge in [0.25, 0.3) is 5.78 Å². The molecule has 0 heterocycles. The summed E-state index contributed by atoms with van der Waals surface area (Å²) in [5.74, 6) is -1.83. The summed E-state index contributed by atoms with van der Waals surface area (Å²) in [6.07, 6.45) is 0. The Labute approximate surface area is 117 Å².